The molecule has 0 bridgehead atoms. The van der Waals surface area contributed by atoms with Gasteiger partial charge in [0.05, 0.1) is 5.54 Å². The number of rotatable bonds is 4. The summed E-state index contributed by atoms with van der Waals surface area (Å²) in [7, 11) is -3.57. The number of nitrogens with two attached hydrogens (primary N) is 1. The zero-order chi connectivity index (χ0) is 13.4. The number of hydrogen-bond acceptors (Lipinski definition) is 6. The van der Waals surface area contributed by atoms with E-state index in [9.17, 15) is 8.42 Å². The molecule has 0 atom stereocenters. The molecule has 2 rings (SSSR count). The lowest BCUT2D eigenvalue weighted by molar-refractivity contribution is 0.471. The number of nitrogens with zero attached hydrogens (tertiary/aromatic N) is 1. The Kier molecular flexibility index (Phi) is 3.45. The monoisotopic (exact) mass is 303 g/mol. The van der Waals surface area contributed by atoms with Crippen molar-refractivity contribution >= 4 is 38.4 Å². The summed E-state index contributed by atoms with van der Waals surface area (Å²) in [4.78, 5) is 4.14. The SMILES string of the molecule is CC(C)(NS(=O)(=O)c1cc(N)cs1)c1nccs1. The van der Waals surface area contributed by atoms with Gasteiger partial charge in [0, 0.05) is 22.6 Å². The summed E-state index contributed by atoms with van der Waals surface area (Å²) in [5.41, 5.74) is 5.25. The largest absolute Gasteiger partial charge is 0.398 e. The van der Waals surface area contributed by atoms with Gasteiger partial charge in [0.2, 0.25) is 0 Å². The summed E-state index contributed by atoms with van der Waals surface area (Å²) in [5.74, 6) is 0. The highest BCUT2D eigenvalue weighted by atomic mass is 32.2. The van der Waals surface area contributed by atoms with Crippen molar-refractivity contribution in [3.05, 3.63) is 28.0 Å². The first-order valence-corrected chi connectivity index (χ1v) is 8.33. The highest BCUT2D eigenvalue weighted by molar-refractivity contribution is 7.91. The van der Waals surface area contributed by atoms with Gasteiger partial charge in [-0.05, 0) is 19.9 Å². The molecule has 0 radical (unpaired) electrons. The van der Waals surface area contributed by atoms with Gasteiger partial charge in [0.1, 0.15) is 9.22 Å². The topological polar surface area (TPSA) is 85.1 Å². The number of aromatic nitrogens is 1. The van der Waals surface area contributed by atoms with Gasteiger partial charge in [-0.3, -0.25) is 0 Å². The smallest absolute Gasteiger partial charge is 0.251 e. The first kappa shape index (κ1) is 13.5. The zero-order valence-electron chi connectivity index (χ0n) is 9.88. The summed E-state index contributed by atoms with van der Waals surface area (Å²) < 4.78 is 27.2. The number of thiazole rings is 1. The van der Waals surface area contributed by atoms with Crippen LogP contribution in [0.15, 0.2) is 27.2 Å². The lowest BCUT2D eigenvalue weighted by Crippen LogP contribution is -2.40. The van der Waals surface area contributed by atoms with E-state index in [1.54, 1.807) is 25.4 Å². The molecule has 0 spiro atoms. The van der Waals surface area contributed by atoms with Crippen LogP contribution in [0.5, 0.6) is 0 Å². The number of sulfonamides is 1. The molecule has 0 saturated carbocycles. The molecule has 0 aliphatic carbocycles. The average Bonchev–Trinajstić information content (AvgIpc) is 2.84. The normalized spacial score (nSPS) is 12.8. The molecule has 0 aromatic carbocycles. The third-order valence-electron chi connectivity index (χ3n) is 2.22. The van der Waals surface area contributed by atoms with E-state index < -0.39 is 15.6 Å². The van der Waals surface area contributed by atoms with Gasteiger partial charge in [0.15, 0.2) is 0 Å². The van der Waals surface area contributed by atoms with Gasteiger partial charge in [-0.2, -0.15) is 4.72 Å². The fourth-order valence-electron chi connectivity index (χ4n) is 1.43. The molecule has 8 heteroatoms. The predicted octanol–water partition coefficient (Wildman–Crippen LogP) is 2.00. The van der Waals surface area contributed by atoms with Gasteiger partial charge >= 0.3 is 0 Å². The van der Waals surface area contributed by atoms with Crippen LogP contribution in [0, 0.1) is 0 Å². The number of hydrogen-bond donors (Lipinski definition) is 2. The number of anilines is 1. The first-order valence-electron chi connectivity index (χ1n) is 5.09. The van der Waals surface area contributed by atoms with E-state index in [4.69, 9.17) is 5.73 Å². The van der Waals surface area contributed by atoms with Crippen molar-refractivity contribution in [2.45, 2.75) is 23.6 Å². The van der Waals surface area contributed by atoms with Crippen LogP contribution in [-0.2, 0) is 15.6 Å². The molecular weight excluding hydrogens is 290 g/mol. The molecular formula is C10H13N3O2S3. The minimum atomic E-state index is -3.57. The van der Waals surface area contributed by atoms with Gasteiger partial charge < -0.3 is 5.73 Å². The van der Waals surface area contributed by atoms with E-state index in [0.717, 1.165) is 16.3 Å². The molecule has 0 unspecified atom stereocenters. The fraction of sp³-hybridized carbons (Fsp3) is 0.300. The molecule has 0 saturated heterocycles. The van der Waals surface area contributed by atoms with Gasteiger partial charge in [-0.25, -0.2) is 13.4 Å². The van der Waals surface area contributed by atoms with Gasteiger partial charge in [-0.1, -0.05) is 0 Å². The van der Waals surface area contributed by atoms with E-state index in [1.165, 1.54) is 17.4 Å². The lowest BCUT2D eigenvalue weighted by Gasteiger charge is -2.22. The van der Waals surface area contributed by atoms with Crippen molar-refractivity contribution in [3.8, 4) is 0 Å². The van der Waals surface area contributed by atoms with Crippen LogP contribution in [0.2, 0.25) is 0 Å². The van der Waals surface area contributed by atoms with Crippen molar-refractivity contribution in [2.24, 2.45) is 0 Å². The third-order valence-corrected chi connectivity index (χ3v) is 6.43. The molecule has 98 valence electrons. The number of nitrogen functional groups attached to an aromatic ring is 1. The van der Waals surface area contributed by atoms with Crippen LogP contribution in [0.25, 0.3) is 0 Å². The van der Waals surface area contributed by atoms with E-state index in [2.05, 4.69) is 9.71 Å². The van der Waals surface area contributed by atoms with Crippen molar-refractivity contribution < 1.29 is 8.42 Å². The van der Waals surface area contributed by atoms with Gasteiger partial charge in [0.25, 0.3) is 10.0 Å². The van der Waals surface area contributed by atoms with Crippen molar-refractivity contribution in [1.82, 2.24) is 9.71 Å². The predicted molar refractivity (Wildman–Crippen MR) is 74.2 cm³/mol. The molecule has 3 N–H and O–H groups in total. The van der Waals surface area contributed by atoms with E-state index in [-0.39, 0.29) is 4.21 Å². The molecule has 0 aliphatic rings. The van der Waals surface area contributed by atoms with Crippen molar-refractivity contribution in [3.63, 3.8) is 0 Å². The Morgan fingerprint density at radius 1 is 1.39 bits per heavy atom. The Balaban J connectivity index is 2.29. The molecule has 2 aromatic heterocycles. The second-order valence-electron chi connectivity index (χ2n) is 4.27. The lowest BCUT2D eigenvalue weighted by atomic mass is 10.1. The van der Waals surface area contributed by atoms with E-state index in [0.29, 0.717) is 5.69 Å². The molecule has 5 nitrogen and oxygen atoms in total. The number of nitrogens with one attached hydrogen (secondary N) is 1. The summed E-state index contributed by atoms with van der Waals surface area (Å²) in [6.45, 7) is 3.56. The van der Waals surface area contributed by atoms with Crippen molar-refractivity contribution in [2.75, 3.05) is 5.73 Å². The maximum atomic E-state index is 12.2. The van der Waals surface area contributed by atoms with Gasteiger partial charge in [-0.15, -0.1) is 22.7 Å². The van der Waals surface area contributed by atoms with Crippen LogP contribution in [-0.4, -0.2) is 13.4 Å². The standard InChI is InChI=1S/C10H13N3O2S3/c1-10(2,9-12-3-4-16-9)13-18(14,15)8-5-7(11)6-17-8/h3-6,13H,11H2,1-2H3. The first-order chi connectivity index (χ1) is 8.31. The quantitative estimate of drug-likeness (QED) is 0.904. The zero-order valence-corrected chi connectivity index (χ0v) is 12.3. The molecule has 0 fully saturated rings. The number of thiophene rings is 1. The van der Waals surface area contributed by atoms with Crippen LogP contribution in [0.1, 0.15) is 18.9 Å². The summed E-state index contributed by atoms with van der Waals surface area (Å²) in [5, 5.41) is 4.13. The van der Waals surface area contributed by atoms with E-state index in [1.807, 2.05) is 5.38 Å². The Morgan fingerprint density at radius 2 is 2.11 bits per heavy atom. The highest BCUT2D eigenvalue weighted by Crippen LogP contribution is 2.27. The van der Waals surface area contributed by atoms with E-state index >= 15 is 0 Å². The van der Waals surface area contributed by atoms with Crippen LogP contribution in [0.4, 0.5) is 5.69 Å². The Bertz CT molecular complexity index is 629. The summed E-state index contributed by atoms with van der Waals surface area (Å²) in [6, 6.07) is 1.45. The fourth-order valence-corrected chi connectivity index (χ4v) is 4.68. The molecule has 2 heterocycles. The molecule has 0 amide bonds. The Hall–Kier alpha value is -0.960. The maximum Gasteiger partial charge on any atom is 0.251 e. The molecule has 2 aromatic rings. The minimum Gasteiger partial charge on any atom is -0.398 e. The van der Waals surface area contributed by atoms with Crippen molar-refractivity contribution in [1.29, 1.82) is 0 Å². The average molecular weight is 303 g/mol. The second-order valence-corrected chi connectivity index (χ2v) is 7.98. The third kappa shape index (κ3) is 2.72. The van der Waals surface area contributed by atoms with Crippen LogP contribution < -0.4 is 10.5 Å². The second kappa shape index (κ2) is 4.61. The van der Waals surface area contributed by atoms with Crippen LogP contribution >= 0.6 is 22.7 Å². The Morgan fingerprint density at radius 3 is 2.61 bits per heavy atom. The molecule has 18 heavy (non-hydrogen) atoms. The van der Waals surface area contributed by atoms with Crippen LogP contribution in [0.3, 0.4) is 0 Å². The highest BCUT2D eigenvalue weighted by Gasteiger charge is 2.30. The summed E-state index contributed by atoms with van der Waals surface area (Å²) in [6.07, 6.45) is 1.65. The molecule has 0 aliphatic heterocycles. The maximum absolute atomic E-state index is 12.2. The minimum absolute atomic E-state index is 0.213. The Labute approximate surface area is 114 Å². The summed E-state index contributed by atoms with van der Waals surface area (Å²) >= 11 is 2.51.